The average molecular weight is 358 g/mol. The second-order valence-corrected chi connectivity index (χ2v) is 5.13. The van der Waals surface area contributed by atoms with Gasteiger partial charge in [-0.3, -0.25) is 0 Å². The monoisotopic (exact) mass is 357 g/mol. The van der Waals surface area contributed by atoms with Crippen molar-refractivity contribution in [2.45, 2.75) is 13.8 Å². The number of nitrogens with zero attached hydrogens (tertiary/aromatic N) is 3. The second kappa shape index (κ2) is 4.67. The van der Waals surface area contributed by atoms with E-state index in [1.54, 1.807) is 12.1 Å². The molecule has 0 saturated heterocycles. The van der Waals surface area contributed by atoms with Crippen molar-refractivity contribution in [2.75, 3.05) is 0 Å². The molecule has 0 amide bonds. The minimum absolute atomic E-state index is 0.458. The van der Waals surface area contributed by atoms with Gasteiger partial charge in [0, 0.05) is 5.02 Å². The molecule has 0 aliphatic carbocycles. The van der Waals surface area contributed by atoms with Crippen LogP contribution in [0.2, 0.25) is 5.02 Å². The highest BCUT2D eigenvalue weighted by atomic mass is 127. The van der Waals surface area contributed by atoms with E-state index in [-0.39, 0.29) is 0 Å². The number of hydrogen-bond donors (Lipinski definition) is 0. The van der Waals surface area contributed by atoms with Crippen LogP contribution < -0.4 is 0 Å². The fourth-order valence-corrected chi connectivity index (χ4v) is 2.15. The maximum atomic E-state index is 6.96. The Labute approximate surface area is 118 Å². The third-order valence-corrected chi connectivity index (χ3v) is 4.36. The molecule has 1 heterocycles. The Balaban J connectivity index is 2.58. The summed E-state index contributed by atoms with van der Waals surface area (Å²) in [6.45, 7) is 10.9. The Bertz CT molecular complexity index is 625. The Morgan fingerprint density at radius 1 is 1.41 bits per heavy atom. The summed E-state index contributed by atoms with van der Waals surface area (Å²) in [7, 11) is 0. The highest BCUT2D eigenvalue weighted by molar-refractivity contribution is 14.1. The van der Waals surface area contributed by atoms with Gasteiger partial charge < -0.3 is 0 Å². The molecule has 0 unspecified atom stereocenters. The van der Waals surface area contributed by atoms with Crippen LogP contribution in [0, 0.1) is 24.0 Å². The van der Waals surface area contributed by atoms with Crippen LogP contribution in [-0.4, -0.2) is 9.78 Å². The molecule has 0 aliphatic heterocycles. The summed E-state index contributed by atoms with van der Waals surface area (Å²) in [5.74, 6) is 0. The van der Waals surface area contributed by atoms with Gasteiger partial charge in [-0.2, -0.15) is 5.10 Å². The summed E-state index contributed by atoms with van der Waals surface area (Å²) in [4.78, 5) is 3.34. The van der Waals surface area contributed by atoms with Gasteiger partial charge in [0.15, 0.2) is 0 Å². The van der Waals surface area contributed by atoms with Crippen molar-refractivity contribution in [1.29, 1.82) is 0 Å². The van der Waals surface area contributed by atoms with E-state index >= 15 is 0 Å². The number of halogens is 2. The molecule has 2 aromatic rings. The van der Waals surface area contributed by atoms with Crippen molar-refractivity contribution in [2.24, 2.45) is 0 Å². The van der Waals surface area contributed by atoms with Crippen LogP contribution in [0.25, 0.3) is 10.5 Å². The van der Waals surface area contributed by atoms with Crippen LogP contribution >= 0.6 is 34.2 Å². The standard InChI is InChI=1S/C12H9ClIN3/c1-7-12(14)8(2)17(16-7)9-4-5-11(15-3)10(13)6-9/h4-6H,1-2H3. The van der Waals surface area contributed by atoms with Gasteiger partial charge in [-0.25, -0.2) is 9.53 Å². The predicted octanol–water partition coefficient (Wildman–Crippen LogP) is 4.30. The normalized spacial score (nSPS) is 10.3. The summed E-state index contributed by atoms with van der Waals surface area (Å²) >= 11 is 8.30. The van der Waals surface area contributed by atoms with Crippen LogP contribution in [0.1, 0.15) is 11.4 Å². The van der Waals surface area contributed by atoms with E-state index in [4.69, 9.17) is 18.2 Å². The molecule has 5 heteroatoms. The highest BCUT2D eigenvalue weighted by Gasteiger charge is 2.11. The van der Waals surface area contributed by atoms with Crippen molar-refractivity contribution in [3.05, 3.63) is 49.6 Å². The summed E-state index contributed by atoms with van der Waals surface area (Å²) < 4.78 is 2.99. The number of benzene rings is 1. The molecule has 0 N–H and O–H groups in total. The van der Waals surface area contributed by atoms with Gasteiger partial charge in [0.2, 0.25) is 5.69 Å². The van der Waals surface area contributed by atoms with Crippen molar-refractivity contribution >= 4 is 39.9 Å². The van der Waals surface area contributed by atoms with Crippen molar-refractivity contribution in [3.8, 4) is 5.69 Å². The van der Waals surface area contributed by atoms with Crippen molar-refractivity contribution in [3.63, 3.8) is 0 Å². The molecular weight excluding hydrogens is 349 g/mol. The van der Waals surface area contributed by atoms with Gasteiger partial charge in [0.25, 0.3) is 0 Å². The number of hydrogen-bond acceptors (Lipinski definition) is 1. The van der Waals surface area contributed by atoms with E-state index in [1.165, 1.54) is 0 Å². The largest absolute Gasteiger partial charge is 0.237 e. The molecular formula is C12H9ClIN3. The van der Waals surface area contributed by atoms with Gasteiger partial charge in [0.1, 0.15) is 0 Å². The molecule has 0 atom stereocenters. The Kier molecular flexibility index (Phi) is 3.40. The minimum Gasteiger partial charge on any atom is -0.237 e. The van der Waals surface area contributed by atoms with Crippen molar-refractivity contribution in [1.82, 2.24) is 9.78 Å². The van der Waals surface area contributed by atoms with E-state index in [0.717, 1.165) is 20.6 Å². The topological polar surface area (TPSA) is 22.2 Å². The first-order valence-electron chi connectivity index (χ1n) is 4.93. The first-order chi connectivity index (χ1) is 8.04. The maximum absolute atomic E-state index is 6.96. The molecule has 1 aromatic carbocycles. The molecule has 0 fully saturated rings. The Morgan fingerprint density at radius 2 is 2.12 bits per heavy atom. The van der Waals surface area contributed by atoms with Crippen LogP contribution in [0.3, 0.4) is 0 Å². The molecule has 0 saturated carbocycles. The quantitative estimate of drug-likeness (QED) is 0.551. The lowest BCUT2D eigenvalue weighted by Gasteiger charge is -2.05. The minimum atomic E-state index is 0.458. The molecule has 86 valence electrons. The third kappa shape index (κ3) is 2.17. The SMILES string of the molecule is [C-]#[N+]c1ccc(-n2nc(C)c(I)c2C)cc1Cl. The smallest absolute Gasteiger partial charge is 0.205 e. The summed E-state index contributed by atoms with van der Waals surface area (Å²) in [5.41, 5.74) is 3.42. The zero-order chi connectivity index (χ0) is 12.6. The second-order valence-electron chi connectivity index (χ2n) is 3.64. The molecule has 0 aliphatic rings. The van der Waals surface area contributed by atoms with Gasteiger partial charge in [-0.1, -0.05) is 17.7 Å². The molecule has 3 nitrogen and oxygen atoms in total. The van der Waals surface area contributed by atoms with Crippen LogP contribution in [-0.2, 0) is 0 Å². The summed E-state index contributed by atoms with van der Waals surface area (Å²) in [5, 5.41) is 4.91. The number of aromatic nitrogens is 2. The van der Waals surface area contributed by atoms with Crippen molar-refractivity contribution < 1.29 is 0 Å². The van der Waals surface area contributed by atoms with Gasteiger partial charge in [0.05, 0.1) is 27.2 Å². The van der Waals surface area contributed by atoms with E-state index in [9.17, 15) is 0 Å². The Morgan fingerprint density at radius 3 is 2.59 bits per heavy atom. The Hall–Kier alpha value is -1.06. The summed E-state index contributed by atoms with van der Waals surface area (Å²) in [6.07, 6.45) is 0. The highest BCUT2D eigenvalue weighted by Crippen LogP contribution is 2.28. The first-order valence-corrected chi connectivity index (χ1v) is 6.39. The van der Waals surface area contributed by atoms with E-state index in [1.807, 2.05) is 24.6 Å². The third-order valence-electron chi connectivity index (χ3n) is 2.50. The lowest BCUT2D eigenvalue weighted by Crippen LogP contribution is -1.98. The zero-order valence-electron chi connectivity index (χ0n) is 9.33. The summed E-state index contributed by atoms with van der Waals surface area (Å²) in [6, 6.07) is 5.34. The fraction of sp³-hybridized carbons (Fsp3) is 0.167. The van der Waals surface area contributed by atoms with E-state index in [0.29, 0.717) is 10.7 Å². The zero-order valence-corrected chi connectivity index (χ0v) is 12.2. The molecule has 2 rings (SSSR count). The van der Waals surface area contributed by atoms with E-state index < -0.39 is 0 Å². The van der Waals surface area contributed by atoms with Crippen LogP contribution in [0.15, 0.2) is 18.2 Å². The number of aryl methyl sites for hydroxylation is 1. The lowest BCUT2D eigenvalue weighted by molar-refractivity contribution is 0.833. The number of rotatable bonds is 1. The molecule has 0 spiro atoms. The maximum Gasteiger partial charge on any atom is 0.205 e. The molecule has 1 aromatic heterocycles. The van der Waals surface area contributed by atoms with E-state index in [2.05, 4.69) is 32.5 Å². The van der Waals surface area contributed by atoms with Gasteiger partial charge >= 0.3 is 0 Å². The molecule has 17 heavy (non-hydrogen) atoms. The van der Waals surface area contributed by atoms with Crippen LogP contribution in [0.5, 0.6) is 0 Å². The average Bonchev–Trinajstić information content (AvgIpc) is 2.57. The first kappa shape index (κ1) is 12.4. The molecule has 0 bridgehead atoms. The molecule has 0 radical (unpaired) electrons. The lowest BCUT2D eigenvalue weighted by atomic mass is 10.3. The van der Waals surface area contributed by atoms with Gasteiger partial charge in [-0.05, 0) is 48.6 Å². The predicted molar refractivity (Wildman–Crippen MR) is 77.0 cm³/mol. The fourth-order valence-electron chi connectivity index (χ4n) is 1.59. The van der Waals surface area contributed by atoms with Gasteiger partial charge in [-0.15, -0.1) is 0 Å². The van der Waals surface area contributed by atoms with Crippen LogP contribution in [0.4, 0.5) is 5.69 Å².